The van der Waals surface area contributed by atoms with Gasteiger partial charge in [-0.3, -0.25) is 4.99 Å². The second-order valence-electron chi connectivity index (χ2n) is 3.26. The molecule has 0 saturated carbocycles. The van der Waals surface area contributed by atoms with E-state index < -0.39 is 0 Å². The minimum atomic E-state index is 0.0843. The van der Waals surface area contributed by atoms with E-state index in [9.17, 15) is 0 Å². The lowest BCUT2D eigenvalue weighted by molar-refractivity contribution is 0.155. The maximum Gasteiger partial charge on any atom is 0.134 e. The number of hydrogen-bond acceptors (Lipinski definition) is 5. The van der Waals surface area contributed by atoms with E-state index in [1.807, 2.05) is 6.21 Å². The summed E-state index contributed by atoms with van der Waals surface area (Å²) in [6.45, 7) is 0. The highest BCUT2D eigenvalue weighted by atomic mass is 32.1. The molecule has 0 bridgehead atoms. The molecular weight excluding hydrogens is 246 g/mol. The summed E-state index contributed by atoms with van der Waals surface area (Å²) >= 11 is 12.6. The van der Waals surface area contributed by atoms with Crippen LogP contribution in [0.15, 0.2) is 16.4 Å². The fourth-order valence-electron chi connectivity index (χ4n) is 1.40. The van der Waals surface area contributed by atoms with Gasteiger partial charge < -0.3 is 4.74 Å². The summed E-state index contributed by atoms with van der Waals surface area (Å²) in [7, 11) is 0. The van der Waals surface area contributed by atoms with Gasteiger partial charge in [0.2, 0.25) is 0 Å². The molecule has 1 rings (SSSR count). The van der Waals surface area contributed by atoms with Crippen molar-refractivity contribution < 1.29 is 4.74 Å². The highest BCUT2D eigenvalue weighted by Gasteiger charge is 2.17. The molecule has 1 aliphatic heterocycles. The predicted octanol–water partition coefficient (Wildman–Crippen LogP) is 2.63. The third-order valence-electron chi connectivity index (χ3n) is 2.11. The van der Waals surface area contributed by atoms with Crippen LogP contribution in [0.5, 0.6) is 0 Å². The number of rotatable bonds is 6. The van der Waals surface area contributed by atoms with E-state index in [0.29, 0.717) is 0 Å². The Morgan fingerprint density at radius 2 is 1.87 bits per heavy atom. The van der Waals surface area contributed by atoms with Crippen LogP contribution >= 0.6 is 37.9 Å². The van der Waals surface area contributed by atoms with Crippen LogP contribution in [0.1, 0.15) is 19.3 Å². The Labute approximate surface area is 108 Å². The highest BCUT2D eigenvalue weighted by Crippen LogP contribution is 2.23. The van der Waals surface area contributed by atoms with E-state index in [0.717, 1.165) is 48.0 Å². The van der Waals surface area contributed by atoms with Gasteiger partial charge in [-0.15, -0.1) is 0 Å². The highest BCUT2D eigenvalue weighted by molar-refractivity contribution is 7.80. The zero-order chi connectivity index (χ0) is 11.1. The monoisotopic (exact) mass is 263 g/mol. The summed E-state index contributed by atoms with van der Waals surface area (Å²) in [6, 6.07) is 0. The first-order valence-corrected chi connectivity index (χ1v) is 6.97. The van der Waals surface area contributed by atoms with Gasteiger partial charge in [0, 0.05) is 19.1 Å². The van der Waals surface area contributed by atoms with Crippen molar-refractivity contribution in [2.24, 2.45) is 4.99 Å². The molecule has 1 unspecified atom stereocenters. The van der Waals surface area contributed by atoms with Crippen molar-refractivity contribution >= 4 is 44.1 Å². The average molecular weight is 263 g/mol. The van der Waals surface area contributed by atoms with E-state index in [1.165, 1.54) is 0 Å². The number of nitrogens with zero attached hydrogens (tertiary/aromatic N) is 1. The molecule has 15 heavy (non-hydrogen) atoms. The standard InChI is InChI=1S/C10H17NOS3/c13-4-1-8-7-11-9(2-5-14)10(12-8)3-6-15/h7-8,13-15H,1-6H2. The van der Waals surface area contributed by atoms with Gasteiger partial charge in [0.15, 0.2) is 0 Å². The first kappa shape index (κ1) is 13.3. The Morgan fingerprint density at radius 3 is 2.47 bits per heavy atom. The Morgan fingerprint density at radius 1 is 1.13 bits per heavy atom. The largest absolute Gasteiger partial charge is 0.487 e. The Hall–Kier alpha value is 0.260. The van der Waals surface area contributed by atoms with Crippen molar-refractivity contribution in [3.05, 3.63) is 11.5 Å². The van der Waals surface area contributed by atoms with E-state index >= 15 is 0 Å². The third kappa shape index (κ3) is 4.33. The van der Waals surface area contributed by atoms with E-state index in [4.69, 9.17) is 4.74 Å². The molecule has 5 heteroatoms. The van der Waals surface area contributed by atoms with Gasteiger partial charge in [-0.05, 0) is 23.7 Å². The van der Waals surface area contributed by atoms with Gasteiger partial charge in [-0.2, -0.15) is 37.9 Å². The number of thiol groups is 3. The first-order chi connectivity index (χ1) is 7.31. The molecule has 0 radical (unpaired) electrons. The van der Waals surface area contributed by atoms with E-state index in [1.54, 1.807) is 0 Å². The molecule has 0 aromatic carbocycles. The summed E-state index contributed by atoms with van der Waals surface area (Å²) in [5.74, 6) is 3.37. The molecule has 0 amide bonds. The summed E-state index contributed by atoms with van der Waals surface area (Å²) < 4.78 is 5.83. The fourth-order valence-corrected chi connectivity index (χ4v) is 2.07. The lowest BCUT2D eigenvalue weighted by Gasteiger charge is -2.22. The van der Waals surface area contributed by atoms with Crippen LogP contribution in [-0.2, 0) is 4.74 Å². The number of ether oxygens (including phenoxy) is 1. The molecule has 0 aliphatic carbocycles. The van der Waals surface area contributed by atoms with E-state index in [2.05, 4.69) is 42.9 Å². The van der Waals surface area contributed by atoms with Crippen LogP contribution in [0.3, 0.4) is 0 Å². The molecule has 0 aromatic heterocycles. The molecule has 1 heterocycles. The summed E-state index contributed by atoms with van der Waals surface area (Å²) in [4.78, 5) is 4.43. The fraction of sp³-hybridized carbons (Fsp3) is 0.700. The molecule has 86 valence electrons. The second kappa shape index (κ2) is 7.52. The SMILES string of the molecule is SCCC1=C(CCS)OC(CCS)C=N1. The van der Waals surface area contributed by atoms with Gasteiger partial charge in [-0.1, -0.05) is 0 Å². The first-order valence-electron chi connectivity index (χ1n) is 5.07. The van der Waals surface area contributed by atoms with Gasteiger partial charge in [0.1, 0.15) is 11.9 Å². The van der Waals surface area contributed by atoms with Gasteiger partial charge in [0.25, 0.3) is 0 Å². The van der Waals surface area contributed by atoms with Crippen molar-refractivity contribution in [2.45, 2.75) is 25.4 Å². The van der Waals surface area contributed by atoms with Gasteiger partial charge in [-0.25, -0.2) is 0 Å². The molecule has 0 fully saturated rings. The summed E-state index contributed by atoms with van der Waals surface area (Å²) in [6.07, 6.45) is 4.55. The summed E-state index contributed by atoms with van der Waals surface area (Å²) in [5, 5.41) is 0. The van der Waals surface area contributed by atoms with Crippen molar-refractivity contribution in [1.29, 1.82) is 0 Å². The third-order valence-corrected chi connectivity index (χ3v) is 2.82. The Balaban J connectivity index is 2.64. The van der Waals surface area contributed by atoms with Crippen molar-refractivity contribution in [3.63, 3.8) is 0 Å². The molecule has 1 atom stereocenters. The van der Waals surface area contributed by atoms with Crippen LogP contribution in [0, 0.1) is 0 Å². The van der Waals surface area contributed by atoms with Crippen LogP contribution in [0.2, 0.25) is 0 Å². The molecule has 0 aromatic rings. The minimum Gasteiger partial charge on any atom is -0.487 e. The van der Waals surface area contributed by atoms with Crippen molar-refractivity contribution in [3.8, 4) is 0 Å². The molecule has 0 saturated heterocycles. The number of allylic oxidation sites excluding steroid dienone is 2. The number of aliphatic imine (C=N–C) groups is 1. The Bertz CT molecular complexity index is 253. The van der Waals surface area contributed by atoms with Crippen LogP contribution < -0.4 is 0 Å². The minimum absolute atomic E-state index is 0.0843. The average Bonchev–Trinajstić information content (AvgIpc) is 2.23. The molecule has 2 nitrogen and oxygen atoms in total. The normalized spacial score (nSPS) is 20.6. The van der Waals surface area contributed by atoms with Crippen LogP contribution in [0.25, 0.3) is 0 Å². The molecule has 0 N–H and O–H groups in total. The Kier molecular flexibility index (Phi) is 6.68. The summed E-state index contributed by atoms with van der Waals surface area (Å²) in [5.41, 5.74) is 1.02. The van der Waals surface area contributed by atoms with Crippen molar-refractivity contribution in [2.75, 3.05) is 17.3 Å². The van der Waals surface area contributed by atoms with Gasteiger partial charge in [0.05, 0.1) is 5.70 Å². The second-order valence-corrected chi connectivity index (χ2v) is 4.61. The van der Waals surface area contributed by atoms with Crippen LogP contribution in [-0.4, -0.2) is 29.6 Å². The topological polar surface area (TPSA) is 21.6 Å². The quantitative estimate of drug-likeness (QED) is 0.630. The van der Waals surface area contributed by atoms with Crippen LogP contribution in [0.4, 0.5) is 0 Å². The molecule has 1 aliphatic rings. The van der Waals surface area contributed by atoms with Crippen molar-refractivity contribution in [1.82, 2.24) is 0 Å². The lowest BCUT2D eigenvalue weighted by atomic mass is 10.2. The predicted molar refractivity (Wildman–Crippen MR) is 75.8 cm³/mol. The number of hydrogen-bond donors (Lipinski definition) is 3. The zero-order valence-electron chi connectivity index (χ0n) is 8.59. The van der Waals surface area contributed by atoms with Gasteiger partial charge >= 0.3 is 0 Å². The maximum absolute atomic E-state index is 5.83. The maximum atomic E-state index is 5.83. The van der Waals surface area contributed by atoms with E-state index in [-0.39, 0.29) is 6.10 Å². The zero-order valence-corrected chi connectivity index (χ0v) is 11.3. The molecular formula is C10H17NOS3. The molecule has 0 spiro atoms. The lowest BCUT2D eigenvalue weighted by Crippen LogP contribution is -2.20. The smallest absolute Gasteiger partial charge is 0.134 e.